The second kappa shape index (κ2) is 2.44. The summed E-state index contributed by atoms with van der Waals surface area (Å²) in [6.07, 6.45) is 0.996. The van der Waals surface area contributed by atoms with Crippen LogP contribution in [0.4, 0.5) is 4.39 Å². The first-order valence-electron chi connectivity index (χ1n) is 4.43. The molecular formula is C10H12FNO. The highest BCUT2D eigenvalue weighted by molar-refractivity contribution is 5.30. The summed E-state index contributed by atoms with van der Waals surface area (Å²) in [7, 11) is 0. The van der Waals surface area contributed by atoms with Crippen molar-refractivity contribution in [2.75, 3.05) is 0 Å². The minimum Gasteiger partial charge on any atom is -0.299 e. The van der Waals surface area contributed by atoms with Gasteiger partial charge in [-0.3, -0.25) is 9.78 Å². The van der Waals surface area contributed by atoms with Gasteiger partial charge in [0.25, 0.3) is 0 Å². The Balaban J connectivity index is 2.48. The molecular weight excluding hydrogens is 169 g/mol. The van der Waals surface area contributed by atoms with E-state index in [2.05, 4.69) is 11.9 Å². The summed E-state index contributed by atoms with van der Waals surface area (Å²) in [5, 5.41) is 0. The van der Waals surface area contributed by atoms with E-state index in [0.717, 1.165) is 6.42 Å². The van der Waals surface area contributed by atoms with Crippen molar-refractivity contribution in [1.82, 2.24) is 4.98 Å². The molecule has 2 nitrogen and oxygen atoms in total. The van der Waals surface area contributed by atoms with Crippen molar-refractivity contribution in [3.8, 4) is 0 Å². The van der Waals surface area contributed by atoms with Crippen LogP contribution in [0, 0.1) is 11.9 Å². The van der Waals surface area contributed by atoms with E-state index in [1.54, 1.807) is 6.07 Å². The number of aromatic amines is 1. The summed E-state index contributed by atoms with van der Waals surface area (Å²) in [5.74, 6) is 0.0345. The van der Waals surface area contributed by atoms with Gasteiger partial charge in [-0.1, -0.05) is 13.8 Å². The van der Waals surface area contributed by atoms with Gasteiger partial charge in [-0.25, -0.2) is 0 Å². The smallest absolute Gasteiger partial charge is 0.250 e. The van der Waals surface area contributed by atoms with Gasteiger partial charge in [-0.2, -0.15) is 4.39 Å². The Kier molecular flexibility index (Phi) is 1.59. The van der Waals surface area contributed by atoms with Crippen molar-refractivity contribution in [2.24, 2.45) is 5.92 Å². The van der Waals surface area contributed by atoms with Crippen LogP contribution in [0.25, 0.3) is 0 Å². The number of H-pyrrole nitrogens is 1. The van der Waals surface area contributed by atoms with Crippen LogP contribution in [0.15, 0.2) is 16.9 Å². The molecule has 0 aliphatic heterocycles. The van der Waals surface area contributed by atoms with Crippen molar-refractivity contribution >= 4 is 0 Å². The van der Waals surface area contributed by atoms with Gasteiger partial charge in [0.2, 0.25) is 5.56 Å². The van der Waals surface area contributed by atoms with E-state index in [-0.39, 0.29) is 11.0 Å². The molecule has 0 amide bonds. The number of hydrogen-bond donors (Lipinski definition) is 1. The summed E-state index contributed by atoms with van der Waals surface area (Å²) in [5.41, 5.74) is 0.201. The van der Waals surface area contributed by atoms with E-state index >= 15 is 0 Å². The fraction of sp³-hybridized carbons (Fsp3) is 0.500. The topological polar surface area (TPSA) is 32.9 Å². The van der Waals surface area contributed by atoms with Crippen molar-refractivity contribution in [3.63, 3.8) is 0 Å². The van der Waals surface area contributed by atoms with E-state index in [1.807, 2.05) is 6.92 Å². The molecule has 1 fully saturated rings. The lowest BCUT2D eigenvalue weighted by Gasteiger charge is -2.10. The van der Waals surface area contributed by atoms with Crippen LogP contribution < -0.4 is 5.56 Å². The van der Waals surface area contributed by atoms with Crippen LogP contribution in [0.3, 0.4) is 0 Å². The molecule has 13 heavy (non-hydrogen) atoms. The van der Waals surface area contributed by atoms with Gasteiger partial charge in [0.05, 0.1) is 0 Å². The molecule has 1 saturated carbocycles. The highest BCUT2D eigenvalue weighted by Crippen LogP contribution is 2.53. The molecule has 0 aromatic carbocycles. The monoisotopic (exact) mass is 181 g/mol. The first-order chi connectivity index (χ1) is 6.04. The average Bonchev–Trinajstić information content (AvgIpc) is 2.59. The van der Waals surface area contributed by atoms with Crippen LogP contribution in [0.5, 0.6) is 0 Å². The Hall–Kier alpha value is -1.12. The molecule has 0 spiro atoms. The molecule has 1 N–H and O–H groups in total. The Bertz CT molecular complexity index is 398. The Morgan fingerprint density at radius 2 is 2.23 bits per heavy atom. The van der Waals surface area contributed by atoms with Crippen LogP contribution in [-0.4, -0.2) is 4.98 Å². The van der Waals surface area contributed by atoms with E-state index in [1.165, 1.54) is 6.07 Å². The number of nitrogens with one attached hydrogen (secondary N) is 1. The standard InChI is InChI=1S/C10H12FNO/c1-6-5-10(6,2)7-3-4-8(13)12-9(7)11/h3-4,6H,5H2,1-2H3,(H,12,13). The molecule has 0 radical (unpaired) electrons. The molecule has 1 aliphatic rings. The second-order valence-electron chi connectivity index (χ2n) is 4.07. The fourth-order valence-corrected chi connectivity index (χ4v) is 1.84. The maximum atomic E-state index is 13.3. The molecule has 2 unspecified atom stereocenters. The van der Waals surface area contributed by atoms with Gasteiger partial charge in [0.1, 0.15) is 0 Å². The highest BCUT2D eigenvalue weighted by Gasteiger charge is 2.49. The van der Waals surface area contributed by atoms with Crippen molar-refractivity contribution in [3.05, 3.63) is 34.0 Å². The van der Waals surface area contributed by atoms with Gasteiger partial charge in [-0.15, -0.1) is 0 Å². The maximum Gasteiger partial charge on any atom is 0.250 e. The Morgan fingerprint density at radius 1 is 1.62 bits per heavy atom. The third-order valence-electron chi connectivity index (χ3n) is 3.14. The van der Waals surface area contributed by atoms with Gasteiger partial charge < -0.3 is 0 Å². The van der Waals surface area contributed by atoms with Crippen LogP contribution in [0.1, 0.15) is 25.8 Å². The highest BCUT2D eigenvalue weighted by atomic mass is 19.1. The lowest BCUT2D eigenvalue weighted by Crippen LogP contribution is -2.14. The Labute approximate surface area is 75.8 Å². The van der Waals surface area contributed by atoms with E-state index < -0.39 is 5.95 Å². The number of rotatable bonds is 1. The van der Waals surface area contributed by atoms with Crippen LogP contribution >= 0.6 is 0 Å². The van der Waals surface area contributed by atoms with Crippen molar-refractivity contribution < 1.29 is 4.39 Å². The zero-order chi connectivity index (χ0) is 9.64. The lowest BCUT2D eigenvalue weighted by atomic mass is 9.97. The molecule has 2 rings (SSSR count). The molecule has 1 aromatic heterocycles. The number of aromatic nitrogens is 1. The van der Waals surface area contributed by atoms with Gasteiger partial charge in [-0.05, 0) is 23.8 Å². The molecule has 3 heteroatoms. The summed E-state index contributed by atoms with van der Waals surface area (Å²) in [6.45, 7) is 4.11. The molecule has 1 aromatic rings. The molecule has 1 heterocycles. The normalized spacial score (nSPS) is 31.8. The van der Waals surface area contributed by atoms with E-state index in [0.29, 0.717) is 11.5 Å². The lowest BCUT2D eigenvalue weighted by molar-refractivity contribution is 0.533. The molecule has 1 aliphatic carbocycles. The molecule has 0 bridgehead atoms. The molecule has 0 saturated heterocycles. The number of hydrogen-bond acceptors (Lipinski definition) is 1. The van der Waals surface area contributed by atoms with Gasteiger partial charge in [0.15, 0.2) is 5.95 Å². The maximum absolute atomic E-state index is 13.3. The number of halogens is 1. The molecule has 70 valence electrons. The van der Waals surface area contributed by atoms with Gasteiger partial charge in [0, 0.05) is 11.6 Å². The van der Waals surface area contributed by atoms with Crippen molar-refractivity contribution in [1.29, 1.82) is 0 Å². The zero-order valence-electron chi connectivity index (χ0n) is 7.73. The van der Waals surface area contributed by atoms with Crippen LogP contribution in [-0.2, 0) is 5.41 Å². The summed E-state index contributed by atoms with van der Waals surface area (Å²) in [6, 6.07) is 2.98. The third kappa shape index (κ3) is 1.19. The largest absolute Gasteiger partial charge is 0.299 e. The van der Waals surface area contributed by atoms with E-state index in [4.69, 9.17) is 0 Å². The quantitative estimate of drug-likeness (QED) is 0.658. The predicted octanol–water partition coefficient (Wildman–Crippen LogP) is 1.81. The van der Waals surface area contributed by atoms with E-state index in [9.17, 15) is 9.18 Å². The summed E-state index contributed by atoms with van der Waals surface area (Å²) in [4.78, 5) is 13.0. The number of pyridine rings is 1. The Morgan fingerprint density at radius 3 is 2.69 bits per heavy atom. The second-order valence-corrected chi connectivity index (χ2v) is 4.07. The predicted molar refractivity (Wildman–Crippen MR) is 48.2 cm³/mol. The average molecular weight is 181 g/mol. The first kappa shape index (κ1) is 8.48. The van der Waals surface area contributed by atoms with Crippen LogP contribution in [0.2, 0.25) is 0 Å². The minimum atomic E-state index is -0.473. The molecule has 2 atom stereocenters. The zero-order valence-corrected chi connectivity index (χ0v) is 7.73. The summed E-state index contributed by atoms with van der Waals surface area (Å²) < 4.78 is 13.3. The summed E-state index contributed by atoms with van der Waals surface area (Å²) >= 11 is 0. The SMILES string of the molecule is CC1CC1(C)c1ccc(=O)[nH]c1F. The first-order valence-corrected chi connectivity index (χ1v) is 4.43. The minimum absolute atomic E-state index is 0.0612. The third-order valence-corrected chi connectivity index (χ3v) is 3.14. The fourth-order valence-electron chi connectivity index (χ4n) is 1.84. The van der Waals surface area contributed by atoms with Gasteiger partial charge >= 0.3 is 0 Å². The van der Waals surface area contributed by atoms with Crippen molar-refractivity contribution in [2.45, 2.75) is 25.7 Å².